The van der Waals surface area contributed by atoms with Gasteiger partial charge in [-0.05, 0) is 61.2 Å². The Morgan fingerprint density at radius 2 is 1.92 bits per heavy atom. The summed E-state index contributed by atoms with van der Waals surface area (Å²) in [6, 6.07) is 11.4. The SMILES string of the molecule is CC1CCCN(S(=O)(=O)c2ccc(C(=O)Nc3cccc(F)c3)cc2)C1. The number of hydrogen-bond donors (Lipinski definition) is 1. The summed E-state index contributed by atoms with van der Waals surface area (Å²) in [5.74, 6) is -0.527. The van der Waals surface area contributed by atoms with Crippen LogP contribution in [-0.2, 0) is 10.0 Å². The first kappa shape index (κ1) is 18.5. The summed E-state index contributed by atoms with van der Waals surface area (Å²) >= 11 is 0. The predicted octanol–water partition coefficient (Wildman–Crippen LogP) is 3.50. The second-order valence-electron chi connectivity index (χ2n) is 6.60. The third-order valence-corrected chi connectivity index (χ3v) is 6.34. The van der Waals surface area contributed by atoms with Gasteiger partial charge in [-0.25, -0.2) is 12.8 Å². The molecule has 1 unspecified atom stereocenters. The predicted molar refractivity (Wildman–Crippen MR) is 98.0 cm³/mol. The molecule has 2 aromatic rings. The lowest BCUT2D eigenvalue weighted by Gasteiger charge is -2.30. The molecule has 0 bridgehead atoms. The van der Waals surface area contributed by atoms with E-state index in [0.29, 0.717) is 30.3 Å². The molecule has 0 aromatic heterocycles. The van der Waals surface area contributed by atoms with E-state index in [-0.39, 0.29) is 4.90 Å². The molecule has 3 rings (SSSR count). The van der Waals surface area contributed by atoms with E-state index in [1.165, 1.54) is 46.8 Å². The average Bonchev–Trinajstić information content (AvgIpc) is 2.62. The molecule has 1 heterocycles. The van der Waals surface area contributed by atoms with Crippen molar-refractivity contribution in [3.8, 4) is 0 Å². The Labute approximate surface area is 152 Å². The van der Waals surface area contributed by atoms with Gasteiger partial charge in [0.1, 0.15) is 5.82 Å². The number of sulfonamides is 1. The Morgan fingerprint density at radius 3 is 2.58 bits per heavy atom. The molecule has 1 aliphatic heterocycles. The van der Waals surface area contributed by atoms with E-state index >= 15 is 0 Å². The molecule has 26 heavy (non-hydrogen) atoms. The first-order chi connectivity index (χ1) is 12.4. The first-order valence-electron chi connectivity index (χ1n) is 8.53. The van der Waals surface area contributed by atoms with Gasteiger partial charge in [-0.15, -0.1) is 0 Å². The topological polar surface area (TPSA) is 66.5 Å². The van der Waals surface area contributed by atoms with Crippen LogP contribution < -0.4 is 5.32 Å². The van der Waals surface area contributed by atoms with E-state index in [1.54, 1.807) is 6.07 Å². The molecule has 5 nitrogen and oxygen atoms in total. The number of benzene rings is 2. The standard InChI is InChI=1S/C19H21FN2O3S/c1-14-4-3-11-22(13-14)26(24,25)18-9-7-15(8-10-18)19(23)21-17-6-2-5-16(20)12-17/h2,5-10,12,14H,3-4,11,13H2,1H3,(H,21,23). The fraction of sp³-hybridized carbons (Fsp3) is 0.316. The molecule has 1 fully saturated rings. The maximum absolute atomic E-state index is 13.2. The third-order valence-electron chi connectivity index (χ3n) is 4.46. The number of carbonyl (C=O) groups is 1. The van der Waals surface area contributed by atoms with Crippen molar-refractivity contribution in [2.75, 3.05) is 18.4 Å². The van der Waals surface area contributed by atoms with Crippen LogP contribution in [0, 0.1) is 11.7 Å². The summed E-state index contributed by atoms with van der Waals surface area (Å²) in [7, 11) is -3.55. The Balaban J connectivity index is 1.74. The highest BCUT2D eigenvalue weighted by Crippen LogP contribution is 2.23. The molecule has 7 heteroatoms. The van der Waals surface area contributed by atoms with Gasteiger partial charge < -0.3 is 5.32 Å². The van der Waals surface area contributed by atoms with E-state index in [9.17, 15) is 17.6 Å². The molecular weight excluding hydrogens is 355 g/mol. The molecule has 1 atom stereocenters. The van der Waals surface area contributed by atoms with Crippen LogP contribution in [-0.4, -0.2) is 31.7 Å². The van der Waals surface area contributed by atoms with Crippen molar-refractivity contribution in [3.63, 3.8) is 0 Å². The Morgan fingerprint density at radius 1 is 1.19 bits per heavy atom. The number of rotatable bonds is 4. The molecule has 138 valence electrons. The maximum Gasteiger partial charge on any atom is 0.255 e. The monoisotopic (exact) mass is 376 g/mol. The van der Waals surface area contributed by atoms with Crippen molar-refractivity contribution in [1.29, 1.82) is 0 Å². The second kappa shape index (κ2) is 7.55. The Bertz CT molecular complexity index is 897. The van der Waals surface area contributed by atoms with Crippen molar-refractivity contribution in [2.24, 2.45) is 5.92 Å². The maximum atomic E-state index is 13.2. The largest absolute Gasteiger partial charge is 0.322 e. The average molecular weight is 376 g/mol. The van der Waals surface area contributed by atoms with Gasteiger partial charge in [0.2, 0.25) is 10.0 Å². The summed E-state index contributed by atoms with van der Waals surface area (Å²) in [6.45, 7) is 3.08. The summed E-state index contributed by atoms with van der Waals surface area (Å²) < 4.78 is 40.1. The van der Waals surface area contributed by atoms with Crippen LogP contribution in [0.15, 0.2) is 53.4 Å². The van der Waals surface area contributed by atoms with Crippen molar-refractivity contribution in [1.82, 2.24) is 4.31 Å². The summed E-state index contributed by atoms with van der Waals surface area (Å²) in [5.41, 5.74) is 0.647. The minimum absolute atomic E-state index is 0.175. The van der Waals surface area contributed by atoms with Crippen molar-refractivity contribution < 1.29 is 17.6 Å². The summed E-state index contributed by atoms with van der Waals surface area (Å²) in [5, 5.41) is 2.59. The number of amides is 1. The zero-order valence-corrected chi connectivity index (χ0v) is 15.3. The van der Waals surface area contributed by atoms with E-state index in [1.807, 2.05) is 6.92 Å². The van der Waals surface area contributed by atoms with Gasteiger partial charge in [0.25, 0.3) is 5.91 Å². The van der Waals surface area contributed by atoms with Crippen LogP contribution in [0.4, 0.5) is 10.1 Å². The minimum atomic E-state index is -3.55. The fourth-order valence-electron chi connectivity index (χ4n) is 3.06. The molecule has 2 aromatic carbocycles. The first-order valence-corrected chi connectivity index (χ1v) is 9.97. The zero-order valence-electron chi connectivity index (χ0n) is 14.5. The van der Waals surface area contributed by atoms with Crippen molar-refractivity contribution >= 4 is 21.6 Å². The van der Waals surface area contributed by atoms with Crippen molar-refractivity contribution in [3.05, 3.63) is 59.9 Å². The number of anilines is 1. The van der Waals surface area contributed by atoms with Crippen LogP contribution in [0.2, 0.25) is 0 Å². The van der Waals surface area contributed by atoms with Gasteiger partial charge >= 0.3 is 0 Å². The lowest BCUT2D eigenvalue weighted by atomic mass is 10.0. The molecule has 0 radical (unpaired) electrons. The Hall–Kier alpha value is -2.25. The Kier molecular flexibility index (Phi) is 5.38. The highest BCUT2D eigenvalue weighted by Gasteiger charge is 2.28. The van der Waals surface area contributed by atoms with Crippen molar-refractivity contribution in [2.45, 2.75) is 24.7 Å². The van der Waals surface area contributed by atoms with Gasteiger partial charge in [-0.1, -0.05) is 13.0 Å². The lowest BCUT2D eigenvalue weighted by molar-refractivity contribution is 0.102. The molecule has 1 aliphatic rings. The van der Waals surface area contributed by atoms with Gasteiger partial charge in [0, 0.05) is 24.3 Å². The fourth-order valence-corrected chi connectivity index (χ4v) is 4.66. The smallest absolute Gasteiger partial charge is 0.255 e. The van der Waals surface area contributed by atoms with Gasteiger partial charge in [0.05, 0.1) is 4.90 Å². The van der Waals surface area contributed by atoms with E-state index in [2.05, 4.69) is 5.32 Å². The summed E-state index contributed by atoms with van der Waals surface area (Å²) in [4.78, 5) is 12.4. The van der Waals surface area contributed by atoms with E-state index in [4.69, 9.17) is 0 Å². The third kappa shape index (κ3) is 4.11. The normalized spacial score (nSPS) is 18.5. The molecule has 0 saturated carbocycles. The zero-order chi connectivity index (χ0) is 18.7. The van der Waals surface area contributed by atoms with Crippen LogP contribution in [0.1, 0.15) is 30.1 Å². The second-order valence-corrected chi connectivity index (χ2v) is 8.54. The number of carbonyl (C=O) groups excluding carboxylic acids is 1. The molecule has 1 amide bonds. The van der Waals surface area contributed by atoms with E-state index in [0.717, 1.165) is 12.8 Å². The number of nitrogens with one attached hydrogen (secondary N) is 1. The number of hydrogen-bond acceptors (Lipinski definition) is 3. The molecule has 0 aliphatic carbocycles. The van der Waals surface area contributed by atoms with Gasteiger partial charge in [-0.3, -0.25) is 4.79 Å². The van der Waals surface area contributed by atoms with Crippen LogP contribution in [0.5, 0.6) is 0 Å². The van der Waals surface area contributed by atoms with Crippen LogP contribution >= 0.6 is 0 Å². The number of halogens is 1. The minimum Gasteiger partial charge on any atom is -0.322 e. The summed E-state index contributed by atoms with van der Waals surface area (Å²) in [6.07, 6.45) is 1.89. The van der Waals surface area contributed by atoms with Crippen LogP contribution in [0.25, 0.3) is 0 Å². The number of nitrogens with zero attached hydrogens (tertiary/aromatic N) is 1. The molecule has 0 spiro atoms. The molecular formula is C19H21FN2O3S. The van der Waals surface area contributed by atoms with E-state index < -0.39 is 21.7 Å². The highest BCUT2D eigenvalue weighted by atomic mass is 32.2. The van der Waals surface area contributed by atoms with Gasteiger partial charge in [-0.2, -0.15) is 4.31 Å². The lowest BCUT2D eigenvalue weighted by Crippen LogP contribution is -2.39. The molecule has 1 saturated heterocycles. The quantitative estimate of drug-likeness (QED) is 0.888. The van der Waals surface area contributed by atoms with Crippen LogP contribution in [0.3, 0.4) is 0 Å². The highest BCUT2D eigenvalue weighted by molar-refractivity contribution is 7.89. The molecule has 1 N–H and O–H groups in total. The van der Waals surface area contributed by atoms with Gasteiger partial charge in [0.15, 0.2) is 0 Å². The number of piperidine rings is 1.